The van der Waals surface area contributed by atoms with E-state index in [1.807, 2.05) is 4.40 Å². The summed E-state index contributed by atoms with van der Waals surface area (Å²) >= 11 is 0. The Morgan fingerprint density at radius 1 is 1.24 bits per heavy atom. The van der Waals surface area contributed by atoms with Crippen molar-refractivity contribution in [3.05, 3.63) is 24.2 Å². The molecule has 0 spiro atoms. The molecule has 0 radical (unpaired) electrons. The number of piperidine rings is 1. The van der Waals surface area contributed by atoms with Crippen LogP contribution in [0, 0.1) is 0 Å². The molecule has 0 saturated carbocycles. The van der Waals surface area contributed by atoms with E-state index in [0.29, 0.717) is 5.92 Å². The van der Waals surface area contributed by atoms with E-state index in [4.69, 9.17) is 0 Å². The van der Waals surface area contributed by atoms with Gasteiger partial charge in [0.05, 0.1) is 6.20 Å². The molecule has 0 bridgehead atoms. The lowest BCUT2D eigenvalue weighted by Crippen LogP contribution is -2.29. The molecule has 0 amide bonds. The van der Waals surface area contributed by atoms with Crippen molar-refractivity contribution < 1.29 is 5.11 Å². The molecular weight excluding hydrogens is 216 g/mol. The van der Waals surface area contributed by atoms with Gasteiger partial charge in [0.15, 0.2) is 5.65 Å². The zero-order valence-electron chi connectivity index (χ0n) is 9.87. The van der Waals surface area contributed by atoms with Crippen LogP contribution in [0.4, 0.5) is 0 Å². The number of hydrogen-bond donors (Lipinski definition) is 1. The first-order chi connectivity index (χ1) is 8.24. The van der Waals surface area contributed by atoms with Crippen LogP contribution in [0.2, 0.25) is 0 Å². The summed E-state index contributed by atoms with van der Waals surface area (Å²) in [5.41, 5.74) is 0.803. The SMILES string of the molecule is CN1CCC(c2nnc3ccc(O)cn23)CC1. The molecule has 0 unspecified atom stereocenters. The van der Waals surface area contributed by atoms with Crippen LogP contribution in [0.25, 0.3) is 5.65 Å². The highest BCUT2D eigenvalue weighted by Crippen LogP contribution is 2.27. The number of fused-ring (bicyclic) bond motifs is 1. The van der Waals surface area contributed by atoms with Crippen molar-refractivity contribution in [2.75, 3.05) is 20.1 Å². The van der Waals surface area contributed by atoms with Gasteiger partial charge in [-0.05, 0) is 45.1 Å². The maximum Gasteiger partial charge on any atom is 0.161 e. The summed E-state index contributed by atoms with van der Waals surface area (Å²) in [6.45, 7) is 2.19. The summed E-state index contributed by atoms with van der Waals surface area (Å²) in [4.78, 5) is 2.33. The van der Waals surface area contributed by atoms with Crippen LogP contribution in [0.15, 0.2) is 18.3 Å². The summed E-state index contributed by atoms with van der Waals surface area (Å²) in [7, 11) is 2.14. The number of hydrogen-bond acceptors (Lipinski definition) is 4. The van der Waals surface area contributed by atoms with Crippen molar-refractivity contribution in [3.8, 4) is 5.75 Å². The molecule has 5 heteroatoms. The van der Waals surface area contributed by atoms with Crippen LogP contribution in [0.1, 0.15) is 24.6 Å². The van der Waals surface area contributed by atoms with Crippen molar-refractivity contribution in [1.82, 2.24) is 19.5 Å². The summed E-state index contributed by atoms with van der Waals surface area (Å²) in [6.07, 6.45) is 3.91. The Labute approximate surface area is 99.7 Å². The number of rotatable bonds is 1. The van der Waals surface area contributed by atoms with Gasteiger partial charge in [-0.2, -0.15) is 0 Å². The maximum absolute atomic E-state index is 9.53. The van der Waals surface area contributed by atoms with Crippen molar-refractivity contribution in [1.29, 1.82) is 0 Å². The predicted molar refractivity (Wildman–Crippen MR) is 64.1 cm³/mol. The van der Waals surface area contributed by atoms with Crippen LogP contribution >= 0.6 is 0 Å². The summed E-state index contributed by atoms with van der Waals surface area (Å²) < 4.78 is 1.91. The molecule has 2 aromatic heterocycles. The van der Waals surface area contributed by atoms with Gasteiger partial charge in [-0.3, -0.25) is 4.40 Å². The number of aromatic nitrogens is 3. The van der Waals surface area contributed by atoms with Gasteiger partial charge in [0, 0.05) is 5.92 Å². The Balaban J connectivity index is 1.97. The average molecular weight is 232 g/mol. The van der Waals surface area contributed by atoms with Gasteiger partial charge in [0.25, 0.3) is 0 Å². The fraction of sp³-hybridized carbons (Fsp3) is 0.500. The molecule has 1 fully saturated rings. The van der Waals surface area contributed by atoms with Crippen molar-refractivity contribution >= 4 is 5.65 Å². The van der Waals surface area contributed by atoms with E-state index in [2.05, 4.69) is 22.1 Å². The molecule has 5 nitrogen and oxygen atoms in total. The lowest BCUT2D eigenvalue weighted by atomic mass is 9.96. The predicted octanol–water partition coefficient (Wildman–Crippen LogP) is 1.24. The molecule has 2 aromatic rings. The normalized spacial score (nSPS) is 18.9. The molecule has 1 aliphatic rings. The Kier molecular flexibility index (Phi) is 2.48. The summed E-state index contributed by atoms with van der Waals surface area (Å²) in [6, 6.07) is 3.43. The molecule has 1 N–H and O–H groups in total. The number of likely N-dealkylation sites (tertiary alicyclic amines) is 1. The summed E-state index contributed by atoms with van der Waals surface area (Å²) in [5.74, 6) is 1.68. The molecule has 3 heterocycles. The van der Waals surface area contributed by atoms with Crippen molar-refractivity contribution in [2.45, 2.75) is 18.8 Å². The third-order valence-corrected chi connectivity index (χ3v) is 3.50. The second-order valence-corrected chi connectivity index (χ2v) is 4.75. The van der Waals surface area contributed by atoms with Gasteiger partial charge < -0.3 is 10.0 Å². The Morgan fingerprint density at radius 3 is 2.76 bits per heavy atom. The number of aromatic hydroxyl groups is 1. The Hall–Kier alpha value is -1.62. The van der Waals surface area contributed by atoms with Crippen LogP contribution < -0.4 is 0 Å². The highest BCUT2D eigenvalue weighted by atomic mass is 16.3. The van der Waals surface area contributed by atoms with Gasteiger partial charge >= 0.3 is 0 Å². The molecule has 3 rings (SSSR count). The van der Waals surface area contributed by atoms with Crippen LogP contribution in [-0.4, -0.2) is 44.7 Å². The molecule has 17 heavy (non-hydrogen) atoms. The lowest BCUT2D eigenvalue weighted by molar-refractivity contribution is 0.250. The van der Waals surface area contributed by atoms with Gasteiger partial charge in [-0.1, -0.05) is 0 Å². The van der Waals surface area contributed by atoms with E-state index in [1.54, 1.807) is 18.3 Å². The highest BCUT2D eigenvalue weighted by molar-refractivity contribution is 5.41. The van der Waals surface area contributed by atoms with E-state index in [9.17, 15) is 5.11 Å². The fourth-order valence-electron chi connectivity index (χ4n) is 2.44. The largest absolute Gasteiger partial charge is 0.506 e. The molecule has 0 atom stereocenters. The molecule has 1 saturated heterocycles. The van der Waals surface area contributed by atoms with Crippen molar-refractivity contribution in [3.63, 3.8) is 0 Å². The monoisotopic (exact) mass is 232 g/mol. The topological polar surface area (TPSA) is 53.7 Å². The van der Waals surface area contributed by atoms with E-state index < -0.39 is 0 Å². The minimum atomic E-state index is 0.256. The average Bonchev–Trinajstić information content (AvgIpc) is 2.73. The quantitative estimate of drug-likeness (QED) is 0.804. The Bertz CT molecular complexity index is 528. The molecule has 90 valence electrons. The first kappa shape index (κ1) is 10.5. The number of nitrogens with zero attached hydrogens (tertiary/aromatic N) is 4. The minimum Gasteiger partial charge on any atom is -0.506 e. The molecular formula is C12H16N4O. The van der Waals surface area contributed by atoms with Gasteiger partial charge in [0.1, 0.15) is 11.6 Å². The van der Waals surface area contributed by atoms with Crippen LogP contribution in [0.3, 0.4) is 0 Å². The first-order valence-corrected chi connectivity index (χ1v) is 5.96. The third-order valence-electron chi connectivity index (χ3n) is 3.50. The highest BCUT2D eigenvalue weighted by Gasteiger charge is 2.22. The molecule has 1 aliphatic heterocycles. The zero-order chi connectivity index (χ0) is 11.8. The van der Waals surface area contributed by atoms with Gasteiger partial charge in [-0.25, -0.2) is 0 Å². The molecule has 0 aromatic carbocycles. The standard InChI is InChI=1S/C12H16N4O/c1-15-6-4-9(5-7-15)12-14-13-11-3-2-10(17)8-16(11)12/h2-3,8-9,17H,4-7H2,1H3. The Morgan fingerprint density at radius 2 is 2.00 bits per heavy atom. The van der Waals surface area contributed by atoms with E-state index in [1.165, 1.54) is 0 Å². The zero-order valence-corrected chi connectivity index (χ0v) is 9.87. The number of pyridine rings is 1. The van der Waals surface area contributed by atoms with Gasteiger partial charge in [-0.15, -0.1) is 10.2 Å². The second kappa shape index (κ2) is 4.00. The van der Waals surface area contributed by atoms with Crippen LogP contribution in [0.5, 0.6) is 5.75 Å². The van der Waals surface area contributed by atoms with E-state index in [0.717, 1.165) is 37.4 Å². The molecule has 0 aliphatic carbocycles. The second-order valence-electron chi connectivity index (χ2n) is 4.75. The third kappa shape index (κ3) is 1.86. The van der Waals surface area contributed by atoms with E-state index in [-0.39, 0.29) is 5.75 Å². The smallest absolute Gasteiger partial charge is 0.161 e. The first-order valence-electron chi connectivity index (χ1n) is 5.96. The summed E-state index contributed by atoms with van der Waals surface area (Å²) in [5, 5.41) is 17.9. The fourth-order valence-corrected chi connectivity index (χ4v) is 2.44. The van der Waals surface area contributed by atoms with Crippen molar-refractivity contribution in [2.24, 2.45) is 0 Å². The lowest BCUT2D eigenvalue weighted by Gasteiger charge is -2.27. The minimum absolute atomic E-state index is 0.256. The van der Waals surface area contributed by atoms with E-state index >= 15 is 0 Å². The van der Waals surface area contributed by atoms with Gasteiger partial charge in [0.2, 0.25) is 0 Å². The van der Waals surface area contributed by atoms with Crippen LogP contribution in [-0.2, 0) is 0 Å². The maximum atomic E-state index is 9.53.